The number of aliphatic imine (C=N–C) groups is 1. The summed E-state index contributed by atoms with van der Waals surface area (Å²) in [4.78, 5) is 6.85. The molecule has 0 aromatic rings. The van der Waals surface area contributed by atoms with E-state index >= 15 is 0 Å². The molecule has 2 aliphatic heterocycles. The van der Waals surface area contributed by atoms with Crippen LogP contribution >= 0.6 is 0 Å². The molecule has 18 heavy (non-hydrogen) atoms. The highest BCUT2D eigenvalue weighted by molar-refractivity contribution is 5.81. The highest BCUT2D eigenvalue weighted by Crippen LogP contribution is 2.40. The fraction of sp³-hybridized carbons (Fsp3) is 0.929. The Morgan fingerprint density at radius 3 is 2.83 bits per heavy atom. The number of guanidine groups is 1. The zero-order valence-electron chi connectivity index (χ0n) is 12.2. The SMILES string of the molecule is CCC1(C)CC2(CCO1)CN=C(N)N2CC(C)C. The third-order valence-corrected chi connectivity index (χ3v) is 4.40. The maximum atomic E-state index is 6.10. The zero-order chi connectivity index (χ0) is 13.4. The van der Waals surface area contributed by atoms with Gasteiger partial charge in [0.05, 0.1) is 17.7 Å². The Kier molecular flexibility index (Phi) is 3.58. The molecule has 0 aromatic heterocycles. The highest BCUT2D eigenvalue weighted by atomic mass is 16.5. The highest BCUT2D eigenvalue weighted by Gasteiger charge is 2.49. The Bertz CT molecular complexity index is 342. The van der Waals surface area contributed by atoms with E-state index in [1.165, 1.54) is 0 Å². The van der Waals surface area contributed by atoms with Crippen LogP contribution in [0.5, 0.6) is 0 Å². The quantitative estimate of drug-likeness (QED) is 0.837. The van der Waals surface area contributed by atoms with Gasteiger partial charge in [0.15, 0.2) is 5.96 Å². The van der Waals surface area contributed by atoms with Gasteiger partial charge in [-0.1, -0.05) is 20.8 Å². The van der Waals surface area contributed by atoms with Gasteiger partial charge >= 0.3 is 0 Å². The predicted octanol–water partition coefficient (Wildman–Crippen LogP) is 1.99. The molecule has 0 aliphatic carbocycles. The van der Waals surface area contributed by atoms with Crippen LogP contribution in [0.1, 0.15) is 47.0 Å². The Morgan fingerprint density at radius 2 is 2.22 bits per heavy atom. The van der Waals surface area contributed by atoms with Gasteiger partial charge in [-0.25, -0.2) is 0 Å². The van der Waals surface area contributed by atoms with Gasteiger partial charge < -0.3 is 15.4 Å². The molecule has 4 nitrogen and oxygen atoms in total. The van der Waals surface area contributed by atoms with E-state index in [2.05, 4.69) is 37.6 Å². The van der Waals surface area contributed by atoms with Crippen LogP contribution in [0, 0.1) is 5.92 Å². The molecule has 4 heteroatoms. The molecule has 1 spiro atoms. The average molecular weight is 253 g/mol. The second-order valence-electron chi connectivity index (χ2n) is 6.48. The fourth-order valence-corrected chi connectivity index (χ4v) is 3.21. The van der Waals surface area contributed by atoms with Gasteiger partial charge in [0.25, 0.3) is 0 Å². The van der Waals surface area contributed by atoms with Gasteiger partial charge in [0, 0.05) is 19.6 Å². The summed E-state index contributed by atoms with van der Waals surface area (Å²) in [5, 5.41) is 0. The summed E-state index contributed by atoms with van der Waals surface area (Å²) in [6, 6.07) is 0. The molecule has 0 bridgehead atoms. The monoisotopic (exact) mass is 253 g/mol. The van der Waals surface area contributed by atoms with Gasteiger partial charge in [0.2, 0.25) is 0 Å². The number of rotatable bonds is 3. The van der Waals surface area contributed by atoms with E-state index in [1.54, 1.807) is 0 Å². The molecule has 2 N–H and O–H groups in total. The topological polar surface area (TPSA) is 50.9 Å². The number of nitrogens with two attached hydrogens (primary N) is 1. The van der Waals surface area contributed by atoms with Crippen molar-refractivity contribution in [2.45, 2.75) is 58.1 Å². The first-order valence-corrected chi connectivity index (χ1v) is 7.12. The smallest absolute Gasteiger partial charge is 0.191 e. The molecule has 2 unspecified atom stereocenters. The van der Waals surface area contributed by atoms with Gasteiger partial charge in [0.1, 0.15) is 0 Å². The first-order chi connectivity index (χ1) is 8.41. The first kappa shape index (κ1) is 13.7. The minimum atomic E-state index is -0.0202. The summed E-state index contributed by atoms with van der Waals surface area (Å²) in [5.41, 5.74) is 6.19. The van der Waals surface area contributed by atoms with Crippen LogP contribution < -0.4 is 5.73 Å². The maximum Gasteiger partial charge on any atom is 0.191 e. The Labute approximate surface area is 111 Å². The van der Waals surface area contributed by atoms with E-state index in [0.717, 1.165) is 44.9 Å². The second kappa shape index (κ2) is 4.72. The molecule has 0 saturated carbocycles. The first-order valence-electron chi connectivity index (χ1n) is 7.12. The van der Waals surface area contributed by atoms with Crippen LogP contribution in [0.25, 0.3) is 0 Å². The van der Waals surface area contributed by atoms with Gasteiger partial charge in [-0.2, -0.15) is 0 Å². The number of ether oxygens (including phenoxy) is 1. The molecule has 2 aliphatic rings. The number of hydrogen-bond acceptors (Lipinski definition) is 4. The van der Waals surface area contributed by atoms with Gasteiger partial charge in [-0.3, -0.25) is 4.99 Å². The molecular weight excluding hydrogens is 226 g/mol. The van der Waals surface area contributed by atoms with Crippen LogP contribution in [0.3, 0.4) is 0 Å². The van der Waals surface area contributed by atoms with Crippen LogP contribution in [0.2, 0.25) is 0 Å². The summed E-state index contributed by atoms with van der Waals surface area (Å²) >= 11 is 0. The van der Waals surface area contributed by atoms with Crippen LogP contribution in [0.4, 0.5) is 0 Å². The lowest BCUT2D eigenvalue weighted by Crippen LogP contribution is -2.59. The summed E-state index contributed by atoms with van der Waals surface area (Å²) in [6.07, 6.45) is 3.12. The maximum absolute atomic E-state index is 6.10. The normalized spacial score (nSPS) is 36.5. The minimum Gasteiger partial charge on any atom is -0.375 e. The van der Waals surface area contributed by atoms with Crippen molar-refractivity contribution in [1.82, 2.24) is 4.90 Å². The van der Waals surface area contributed by atoms with Gasteiger partial charge in [-0.15, -0.1) is 0 Å². The van der Waals surface area contributed by atoms with Crippen molar-refractivity contribution in [2.75, 3.05) is 19.7 Å². The number of nitrogens with zero attached hydrogens (tertiary/aromatic N) is 2. The van der Waals surface area contributed by atoms with E-state index in [0.29, 0.717) is 5.92 Å². The van der Waals surface area contributed by atoms with E-state index in [-0.39, 0.29) is 11.1 Å². The number of hydrogen-bond donors (Lipinski definition) is 1. The average Bonchev–Trinajstić information content (AvgIpc) is 2.58. The molecular formula is C14H27N3O. The summed E-state index contributed by atoms with van der Waals surface area (Å²) in [6.45, 7) is 11.5. The van der Waals surface area contributed by atoms with Crippen LogP contribution in [0.15, 0.2) is 4.99 Å². The van der Waals surface area contributed by atoms with E-state index in [9.17, 15) is 0 Å². The molecule has 0 amide bonds. The van der Waals surface area contributed by atoms with Crippen molar-refractivity contribution < 1.29 is 4.74 Å². The van der Waals surface area contributed by atoms with Crippen molar-refractivity contribution in [1.29, 1.82) is 0 Å². The van der Waals surface area contributed by atoms with E-state index in [4.69, 9.17) is 10.5 Å². The van der Waals surface area contributed by atoms with Crippen molar-refractivity contribution in [2.24, 2.45) is 16.6 Å². The summed E-state index contributed by atoms with van der Waals surface area (Å²) < 4.78 is 5.97. The third kappa shape index (κ3) is 2.35. The lowest BCUT2D eigenvalue weighted by molar-refractivity contribution is -0.115. The fourth-order valence-electron chi connectivity index (χ4n) is 3.21. The van der Waals surface area contributed by atoms with Crippen molar-refractivity contribution in [3.05, 3.63) is 0 Å². The van der Waals surface area contributed by atoms with Crippen molar-refractivity contribution >= 4 is 5.96 Å². The molecule has 1 saturated heterocycles. The molecule has 0 aromatic carbocycles. The molecule has 2 heterocycles. The van der Waals surface area contributed by atoms with Crippen LogP contribution in [-0.4, -0.2) is 41.7 Å². The largest absolute Gasteiger partial charge is 0.375 e. The molecule has 1 fully saturated rings. The Balaban J connectivity index is 2.19. The minimum absolute atomic E-state index is 0.0202. The van der Waals surface area contributed by atoms with Crippen molar-refractivity contribution in [3.8, 4) is 0 Å². The van der Waals surface area contributed by atoms with E-state index < -0.39 is 0 Å². The summed E-state index contributed by atoms with van der Waals surface area (Å²) in [5.74, 6) is 1.33. The third-order valence-electron chi connectivity index (χ3n) is 4.40. The van der Waals surface area contributed by atoms with Crippen LogP contribution in [-0.2, 0) is 4.74 Å². The lowest BCUT2D eigenvalue weighted by Gasteiger charge is -2.49. The standard InChI is InChI=1S/C14H27N3O/c1-5-13(4)9-14(6-7-18-13)10-16-12(15)17(14)8-11(2)3/h11H,5-10H2,1-4H3,(H2,15,16). The molecule has 2 rings (SSSR count). The summed E-state index contributed by atoms with van der Waals surface area (Å²) in [7, 11) is 0. The zero-order valence-corrected chi connectivity index (χ0v) is 12.2. The Morgan fingerprint density at radius 1 is 1.50 bits per heavy atom. The Hall–Kier alpha value is -0.770. The second-order valence-corrected chi connectivity index (χ2v) is 6.48. The molecule has 2 atom stereocenters. The molecule has 104 valence electrons. The van der Waals surface area contributed by atoms with E-state index in [1.807, 2.05) is 0 Å². The predicted molar refractivity (Wildman–Crippen MR) is 74.6 cm³/mol. The van der Waals surface area contributed by atoms with Gasteiger partial charge in [-0.05, 0) is 25.7 Å². The molecule has 0 radical (unpaired) electrons. The lowest BCUT2D eigenvalue weighted by atomic mass is 9.78. The van der Waals surface area contributed by atoms with Crippen molar-refractivity contribution in [3.63, 3.8) is 0 Å².